The van der Waals surface area contributed by atoms with Crippen molar-refractivity contribution < 1.29 is 22.8 Å². The Hall–Kier alpha value is -1.44. The van der Waals surface area contributed by atoms with Crippen molar-refractivity contribution in [1.82, 2.24) is 10.1 Å². The molecule has 1 N–H and O–H groups in total. The van der Waals surface area contributed by atoms with Gasteiger partial charge in [0.1, 0.15) is 5.25 Å². The Morgan fingerprint density at radius 3 is 2.88 bits per heavy atom. The van der Waals surface area contributed by atoms with E-state index in [-0.39, 0.29) is 30.3 Å². The zero-order chi connectivity index (χ0) is 12.5. The Balaban J connectivity index is 2.10. The van der Waals surface area contributed by atoms with E-state index in [1.54, 1.807) is 0 Å². The second-order valence-electron chi connectivity index (χ2n) is 3.94. The molecule has 1 saturated heterocycles. The molecule has 0 saturated carbocycles. The highest BCUT2D eigenvalue weighted by Gasteiger charge is 2.36. The van der Waals surface area contributed by atoms with Crippen molar-refractivity contribution in [3.8, 4) is 0 Å². The number of hydrogen-bond acceptors (Lipinski definition) is 6. The van der Waals surface area contributed by atoms with Crippen LogP contribution in [0.2, 0.25) is 0 Å². The van der Waals surface area contributed by atoms with Gasteiger partial charge in [-0.05, 0) is 12.8 Å². The first-order valence-electron chi connectivity index (χ1n) is 5.25. The SMILES string of the molecule is O=C(O)CCc1noc(C2CCCS2(=O)=O)n1. The summed E-state index contributed by atoms with van der Waals surface area (Å²) >= 11 is 0. The first-order chi connectivity index (χ1) is 7.99. The number of aromatic nitrogens is 2. The molecule has 1 aromatic rings. The smallest absolute Gasteiger partial charge is 0.303 e. The predicted molar refractivity (Wildman–Crippen MR) is 56.0 cm³/mol. The van der Waals surface area contributed by atoms with Crippen molar-refractivity contribution >= 4 is 15.8 Å². The predicted octanol–water partition coefficient (Wildman–Crippen LogP) is 0.337. The third kappa shape index (κ3) is 2.63. The van der Waals surface area contributed by atoms with E-state index in [1.807, 2.05) is 0 Å². The van der Waals surface area contributed by atoms with E-state index in [4.69, 9.17) is 9.63 Å². The summed E-state index contributed by atoms with van der Waals surface area (Å²) in [5.41, 5.74) is 0. The number of sulfone groups is 1. The number of nitrogens with zero attached hydrogens (tertiary/aromatic N) is 2. The van der Waals surface area contributed by atoms with Crippen LogP contribution in [0, 0.1) is 0 Å². The third-order valence-corrected chi connectivity index (χ3v) is 4.81. The van der Waals surface area contributed by atoms with E-state index < -0.39 is 21.1 Å². The molecule has 0 bridgehead atoms. The number of hydrogen-bond donors (Lipinski definition) is 1. The molecule has 2 heterocycles. The normalized spacial score (nSPS) is 22.7. The Morgan fingerprint density at radius 2 is 2.29 bits per heavy atom. The lowest BCUT2D eigenvalue weighted by atomic mass is 10.2. The van der Waals surface area contributed by atoms with Gasteiger partial charge in [0.05, 0.1) is 12.2 Å². The van der Waals surface area contributed by atoms with Gasteiger partial charge in [-0.1, -0.05) is 5.16 Å². The fraction of sp³-hybridized carbons (Fsp3) is 0.667. The van der Waals surface area contributed by atoms with E-state index in [0.29, 0.717) is 12.8 Å². The van der Waals surface area contributed by atoms with E-state index >= 15 is 0 Å². The van der Waals surface area contributed by atoms with Crippen molar-refractivity contribution in [2.75, 3.05) is 5.75 Å². The van der Waals surface area contributed by atoms with Crippen LogP contribution in [-0.4, -0.2) is 35.4 Å². The van der Waals surface area contributed by atoms with Crippen molar-refractivity contribution in [1.29, 1.82) is 0 Å². The molecule has 0 aromatic carbocycles. The van der Waals surface area contributed by atoms with E-state index in [1.165, 1.54) is 0 Å². The molecule has 0 amide bonds. The fourth-order valence-corrected chi connectivity index (χ4v) is 3.57. The second kappa shape index (κ2) is 4.44. The van der Waals surface area contributed by atoms with Crippen LogP contribution in [0.3, 0.4) is 0 Å². The molecule has 1 aromatic heterocycles. The first kappa shape index (κ1) is 12.0. The molecular weight excluding hydrogens is 248 g/mol. The molecule has 8 heteroatoms. The van der Waals surface area contributed by atoms with Crippen LogP contribution in [-0.2, 0) is 21.1 Å². The average Bonchev–Trinajstić information content (AvgIpc) is 2.80. The van der Waals surface area contributed by atoms with Gasteiger partial charge in [-0.3, -0.25) is 4.79 Å². The van der Waals surface area contributed by atoms with Gasteiger partial charge < -0.3 is 9.63 Å². The van der Waals surface area contributed by atoms with Gasteiger partial charge >= 0.3 is 5.97 Å². The maximum atomic E-state index is 11.6. The highest BCUT2D eigenvalue weighted by atomic mass is 32.2. The minimum absolute atomic E-state index is 0.0860. The van der Waals surface area contributed by atoms with Crippen molar-refractivity contribution in [3.05, 3.63) is 11.7 Å². The van der Waals surface area contributed by atoms with Crippen molar-refractivity contribution in [2.24, 2.45) is 0 Å². The summed E-state index contributed by atoms with van der Waals surface area (Å²) in [4.78, 5) is 14.3. The molecule has 1 fully saturated rings. The zero-order valence-corrected chi connectivity index (χ0v) is 9.81. The molecule has 1 aliphatic heterocycles. The Morgan fingerprint density at radius 1 is 1.53 bits per heavy atom. The van der Waals surface area contributed by atoms with E-state index in [9.17, 15) is 13.2 Å². The van der Waals surface area contributed by atoms with Gasteiger partial charge in [-0.2, -0.15) is 4.98 Å². The Labute approximate surface area is 97.7 Å². The number of rotatable bonds is 4. The highest BCUT2D eigenvalue weighted by Crippen LogP contribution is 2.33. The summed E-state index contributed by atoms with van der Waals surface area (Å²) < 4.78 is 28.1. The maximum absolute atomic E-state index is 11.6. The highest BCUT2D eigenvalue weighted by molar-refractivity contribution is 7.91. The van der Waals surface area contributed by atoms with Crippen LogP contribution in [0.15, 0.2) is 4.52 Å². The lowest BCUT2D eigenvalue weighted by Crippen LogP contribution is -2.08. The average molecular weight is 260 g/mol. The monoisotopic (exact) mass is 260 g/mol. The minimum Gasteiger partial charge on any atom is -0.481 e. The maximum Gasteiger partial charge on any atom is 0.303 e. The summed E-state index contributed by atoms with van der Waals surface area (Å²) in [5, 5.41) is 11.4. The molecule has 17 heavy (non-hydrogen) atoms. The van der Waals surface area contributed by atoms with Crippen LogP contribution in [0.5, 0.6) is 0 Å². The molecule has 1 atom stereocenters. The van der Waals surface area contributed by atoms with Gasteiger partial charge in [0.2, 0.25) is 5.89 Å². The molecule has 0 spiro atoms. The van der Waals surface area contributed by atoms with Crippen LogP contribution in [0.25, 0.3) is 0 Å². The molecule has 0 aliphatic carbocycles. The molecule has 94 valence electrons. The summed E-state index contributed by atoms with van der Waals surface area (Å²) in [7, 11) is -3.17. The van der Waals surface area contributed by atoms with Crippen molar-refractivity contribution in [3.63, 3.8) is 0 Å². The number of carboxylic acids is 1. The summed E-state index contributed by atoms with van der Waals surface area (Å²) in [6.45, 7) is 0. The van der Waals surface area contributed by atoms with E-state index in [2.05, 4.69) is 10.1 Å². The van der Waals surface area contributed by atoms with Gasteiger partial charge in [0.25, 0.3) is 0 Å². The number of carbonyl (C=O) groups is 1. The van der Waals surface area contributed by atoms with E-state index in [0.717, 1.165) is 0 Å². The van der Waals surface area contributed by atoms with Crippen LogP contribution in [0.1, 0.15) is 36.2 Å². The second-order valence-corrected chi connectivity index (χ2v) is 6.24. The summed E-state index contributed by atoms with van der Waals surface area (Å²) in [5.74, 6) is -0.484. The lowest BCUT2D eigenvalue weighted by molar-refractivity contribution is -0.137. The van der Waals surface area contributed by atoms with Gasteiger partial charge in [0, 0.05) is 6.42 Å². The summed E-state index contributed by atoms with van der Waals surface area (Å²) in [6, 6.07) is 0. The molecule has 2 rings (SSSR count). The van der Waals surface area contributed by atoms with Crippen LogP contribution in [0.4, 0.5) is 0 Å². The minimum atomic E-state index is -3.17. The largest absolute Gasteiger partial charge is 0.481 e. The summed E-state index contributed by atoms with van der Waals surface area (Å²) in [6.07, 6.45) is 1.13. The van der Waals surface area contributed by atoms with Gasteiger partial charge in [-0.15, -0.1) is 0 Å². The topological polar surface area (TPSA) is 110 Å². The number of aryl methyl sites for hydroxylation is 1. The lowest BCUT2D eigenvalue weighted by Gasteiger charge is -2.01. The molecular formula is C9H12N2O5S. The fourth-order valence-electron chi connectivity index (χ4n) is 1.79. The molecule has 1 unspecified atom stereocenters. The van der Waals surface area contributed by atoms with Crippen LogP contribution < -0.4 is 0 Å². The molecule has 7 nitrogen and oxygen atoms in total. The first-order valence-corrected chi connectivity index (χ1v) is 6.96. The Bertz CT molecular complexity index is 521. The third-order valence-electron chi connectivity index (χ3n) is 2.65. The zero-order valence-electron chi connectivity index (χ0n) is 9.00. The molecule has 0 radical (unpaired) electrons. The quantitative estimate of drug-likeness (QED) is 0.830. The van der Waals surface area contributed by atoms with Gasteiger partial charge in [0.15, 0.2) is 15.7 Å². The van der Waals surface area contributed by atoms with Crippen LogP contribution >= 0.6 is 0 Å². The number of carboxylic acid groups (broad SMARTS) is 1. The Kier molecular flexibility index (Phi) is 3.14. The number of aliphatic carboxylic acids is 1. The molecule has 1 aliphatic rings. The standard InChI is InChI=1S/C9H12N2O5S/c12-8(13)4-3-7-10-9(16-11-7)6-2-1-5-17(6,14)15/h6H,1-5H2,(H,12,13). The van der Waals surface area contributed by atoms with Gasteiger partial charge in [-0.25, -0.2) is 8.42 Å². The van der Waals surface area contributed by atoms with Crippen molar-refractivity contribution in [2.45, 2.75) is 30.9 Å².